The Morgan fingerprint density at radius 2 is 2.05 bits per heavy atom. The number of carbonyl (C=O) groups excluding carboxylic acids is 1. The number of halogens is 2. The van der Waals surface area contributed by atoms with Crippen molar-refractivity contribution >= 4 is 39.1 Å². The molecule has 98 valence electrons. The number of alkyl halides is 1. The fourth-order valence-electron chi connectivity index (χ4n) is 1.81. The van der Waals surface area contributed by atoms with Crippen LogP contribution in [0, 0.1) is 6.92 Å². The van der Waals surface area contributed by atoms with Crippen LogP contribution in [0.3, 0.4) is 0 Å². The molecule has 0 saturated carbocycles. The molecule has 2 aromatic carbocycles. The summed E-state index contributed by atoms with van der Waals surface area (Å²) in [4.78, 5) is 12.2. The standard InChI is InChI=1S/C15H13BrClNO/c1-10-7-12(17)5-6-14(10)15(19)18-13-4-2-3-11(8-13)9-16/h2-8H,9H2,1H3,(H,18,19). The van der Waals surface area contributed by atoms with Gasteiger partial charge in [-0.15, -0.1) is 0 Å². The van der Waals surface area contributed by atoms with Crippen LogP contribution in [-0.2, 0) is 5.33 Å². The number of nitrogens with one attached hydrogen (secondary N) is 1. The molecule has 0 fully saturated rings. The number of anilines is 1. The number of hydrogen-bond acceptors (Lipinski definition) is 1. The molecular weight excluding hydrogens is 326 g/mol. The Balaban J connectivity index is 2.20. The number of benzene rings is 2. The van der Waals surface area contributed by atoms with Crippen LogP contribution in [0.5, 0.6) is 0 Å². The largest absolute Gasteiger partial charge is 0.322 e. The van der Waals surface area contributed by atoms with Gasteiger partial charge in [0.25, 0.3) is 5.91 Å². The Morgan fingerprint density at radius 3 is 2.74 bits per heavy atom. The van der Waals surface area contributed by atoms with E-state index in [9.17, 15) is 4.79 Å². The van der Waals surface area contributed by atoms with Gasteiger partial charge in [-0.2, -0.15) is 0 Å². The Kier molecular flexibility index (Phi) is 4.61. The molecule has 0 spiro atoms. The van der Waals surface area contributed by atoms with Crippen LogP contribution in [0.25, 0.3) is 0 Å². The summed E-state index contributed by atoms with van der Waals surface area (Å²) in [6.45, 7) is 1.87. The maximum absolute atomic E-state index is 12.2. The molecule has 0 atom stereocenters. The number of rotatable bonds is 3. The van der Waals surface area contributed by atoms with Crippen molar-refractivity contribution in [2.45, 2.75) is 12.3 Å². The van der Waals surface area contributed by atoms with Crippen molar-refractivity contribution < 1.29 is 4.79 Å². The first-order valence-corrected chi connectivity index (χ1v) is 7.32. The van der Waals surface area contributed by atoms with Gasteiger partial charge in [-0.05, 0) is 48.4 Å². The molecule has 4 heteroatoms. The summed E-state index contributed by atoms with van der Waals surface area (Å²) in [5.41, 5.74) is 3.40. The van der Waals surface area contributed by atoms with Gasteiger partial charge < -0.3 is 5.32 Å². The van der Waals surface area contributed by atoms with Crippen LogP contribution in [0.2, 0.25) is 5.02 Å². The Bertz CT molecular complexity index is 613. The van der Waals surface area contributed by atoms with Crippen molar-refractivity contribution in [3.63, 3.8) is 0 Å². The maximum atomic E-state index is 12.2. The van der Waals surface area contributed by atoms with Crippen LogP contribution in [0.1, 0.15) is 21.5 Å². The van der Waals surface area contributed by atoms with E-state index in [1.54, 1.807) is 18.2 Å². The number of hydrogen-bond donors (Lipinski definition) is 1. The normalized spacial score (nSPS) is 10.3. The average molecular weight is 339 g/mol. The quantitative estimate of drug-likeness (QED) is 0.801. The van der Waals surface area contributed by atoms with Crippen molar-refractivity contribution in [3.8, 4) is 0 Å². The molecule has 0 heterocycles. The number of carbonyl (C=O) groups is 1. The van der Waals surface area contributed by atoms with Gasteiger partial charge in [-0.3, -0.25) is 4.79 Å². The minimum atomic E-state index is -0.124. The van der Waals surface area contributed by atoms with E-state index in [0.717, 1.165) is 22.1 Å². The van der Waals surface area contributed by atoms with Crippen LogP contribution >= 0.6 is 27.5 Å². The van der Waals surface area contributed by atoms with Gasteiger partial charge in [0.2, 0.25) is 0 Å². The van der Waals surface area contributed by atoms with E-state index in [4.69, 9.17) is 11.6 Å². The second kappa shape index (κ2) is 6.22. The molecular formula is C15H13BrClNO. The van der Waals surface area contributed by atoms with Crippen molar-refractivity contribution in [2.24, 2.45) is 0 Å². The zero-order valence-corrected chi connectivity index (χ0v) is 12.8. The fraction of sp³-hybridized carbons (Fsp3) is 0.133. The summed E-state index contributed by atoms with van der Waals surface area (Å²) in [6.07, 6.45) is 0. The zero-order valence-electron chi connectivity index (χ0n) is 10.4. The van der Waals surface area contributed by atoms with Gasteiger partial charge in [0.15, 0.2) is 0 Å². The van der Waals surface area contributed by atoms with E-state index >= 15 is 0 Å². The lowest BCUT2D eigenvalue weighted by molar-refractivity contribution is 0.102. The van der Waals surface area contributed by atoms with Gasteiger partial charge in [-0.25, -0.2) is 0 Å². The highest BCUT2D eigenvalue weighted by Gasteiger charge is 2.09. The van der Waals surface area contributed by atoms with Crippen molar-refractivity contribution in [3.05, 3.63) is 64.2 Å². The van der Waals surface area contributed by atoms with Crippen LogP contribution in [0.15, 0.2) is 42.5 Å². The third-order valence-electron chi connectivity index (χ3n) is 2.77. The van der Waals surface area contributed by atoms with Gasteiger partial charge >= 0.3 is 0 Å². The van der Waals surface area contributed by atoms with Gasteiger partial charge in [-0.1, -0.05) is 39.7 Å². The third-order valence-corrected chi connectivity index (χ3v) is 3.65. The third kappa shape index (κ3) is 3.58. The van der Waals surface area contributed by atoms with Gasteiger partial charge in [0.05, 0.1) is 0 Å². The van der Waals surface area contributed by atoms with E-state index in [0.29, 0.717) is 10.6 Å². The van der Waals surface area contributed by atoms with E-state index in [1.807, 2.05) is 31.2 Å². The highest BCUT2D eigenvalue weighted by molar-refractivity contribution is 9.08. The summed E-state index contributed by atoms with van der Waals surface area (Å²) in [5, 5.41) is 4.29. The van der Waals surface area contributed by atoms with Crippen molar-refractivity contribution in [1.82, 2.24) is 0 Å². The summed E-state index contributed by atoms with van der Waals surface area (Å²) in [5.74, 6) is -0.124. The molecule has 1 amide bonds. The molecule has 0 aromatic heterocycles. The van der Waals surface area contributed by atoms with E-state index < -0.39 is 0 Å². The first kappa shape index (κ1) is 14.1. The fourth-order valence-corrected chi connectivity index (χ4v) is 2.39. The second-order valence-electron chi connectivity index (χ2n) is 4.25. The summed E-state index contributed by atoms with van der Waals surface area (Å²) >= 11 is 9.28. The predicted octanol–water partition coefficient (Wildman–Crippen LogP) is 4.80. The van der Waals surface area contributed by atoms with Gasteiger partial charge in [0, 0.05) is 21.6 Å². The maximum Gasteiger partial charge on any atom is 0.255 e. The van der Waals surface area contributed by atoms with E-state index in [2.05, 4.69) is 21.2 Å². The van der Waals surface area contributed by atoms with Gasteiger partial charge in [0.1, 0.15) is 0 Å². The highest BCUT2D eigenvalue weighted by Crippen LogP contribution is 2.18. The lowest BCUT2D eigenvalue weighted by Crippen LogP contribution is -2.13. The lowest BCUT2D eigenvalue weighted by atomic mass is 10.1. The second-order valence-corrected chi connectivity index (χ2v) is 5.24. The lowest BCUT2D eigenvalue weighted by Gasteiger charge is -2.09. The average Bonchev–Trinajstić information content (AvgIpc) is 2.38. The first-order chi connectivity index (χ1) is 9.10. The molecule has 0 aliphatic carbocycles. The highest BCUT2D eigenvalue weighted by atomic mass is 79.9. The molecule has 0 saturated heterocycles. The topological polar surface area (TPSA) is 29.1 Å². The van der Waals surface area contributed by atoms with Crippen molar-refractivity contribution in [1.29, 1.82) is 0 Å². The Morgan fingerprint density at radius 1 is 1.26 bits per heavy atom. The molecule has 0 aliphatic rings. The summed E-state index contributed by atoms with van der Waals surface area (Å²) in [6, 6.07) is 13.0. The smallest absolute Gasteiger partial charge is 0.255 e. The number of aryl methyl sites for hydroxylation is 1. The Labute approximate surface area is 125 Å². The molecule has 0 bridgehead atoms. The summed E-state index contributed by atoms with van der Waals surface area (Å²) in [7, 11) is 0. The Hall–Kier alpha value is -1.32. The van der Waals surface area contributed by atoms with Crippen LogP contribution in [-0.4, -0.2) is 5.91 Å². The summed E-state index contributed by atoms with van der Waals surface area (Å²) < 4.78 is 0. The molecule has 0 radical (unpaired) electrons. The van der Waals surface area contributed by atoms with E-state index in [1.165, 1.54) is 0 Å². The van der Waals surface area contributed by atoms with Crippen LogP contribution < -0.4 is 5.32 Å². The predicted molar refractivity (Wildman–Crippen MR) is 83.2 cm³/mol. The van der Waals surface area contributed by atoms with Crippen molar-refractivity contribution in [2.75, 3.05) is 5.32 Å². The minimum absolute atomic E-state index is 0.124. The molecule has 0 unspecified atom stereocenters. The first-order valence-electron chi connectivity index (χ1n) is 5.82. The van der Waals surface area contributed by atoms with E-state index in [-0.39, 0.29) is 5.91 Å². The SMILES string of the molecule is Cc1cc(Cl)ccc1C(=O)Nc1cccc(CBr)c1. The molecule has 0 aliphatic heterocycles. The number of amides is 1. The monoisotopic (exact) mass is 337 g/mol. The zero-order chi connectivity index (χ0) is 13.8. The molecule has 2 rings (SSSR count). The molecule has 1 N–H and O–H groups in total. The van der Waals surface area contributed by atoms with Crippen LogP contribution in [0.4, 0.5) is 5.69 Å². The minimum Gasteiger partial charge on any atom is -0.322 e. The molecule has 19 heavy (non-hydrogen) atoms. The molecule has 2 nitrogen and oxygen atoms in total. The molecule has 2 aromatic rings.